The Morgan fingerprint density at radius 2 is 2.00 bits per heavy atom. The minimum atomic E-state index is -3.49. The van der Waals surface area contributed by atoms with Crippen LogP contribution in [-0.2, 0) is 34.1 Å². The van der Waals surface area contributed by atoms with Gasteiger partial charge < -0.3 is 5.32 Å². The van der Waals surface area contributed by atoms with E-state index in [2.05, 4.69) is 15.0 Å². The molecule has 0 saturated carbocycles. The second kappa shape index (κ2) is 9.13. The summed E-state index contributed by atoms with van der Waals surface area (Å²) < 4.78 is 39.4. The van der Waals surface area contributed by atoms with E-state index in [-0.39, 0.29) is 29.8 Å². The lowest BCUT2D eigenvalue weighted by molar-refractivity contribution is -0.125. The van der Waals surface area contributed by atoms with Gasteiger partial charge in [-0.3, -0.25) is 14.3 Å². The largest absolute Gasteiger partial charge is 0.356 e. The lowest BCUT2D eigenvalue weighted by atomic mass is 9.85. The van der Waals surface area contributed by atoms with Crippen LogP contribution in [0.3, 0.4) is 0 Å². The third-order valence-electron chi connectivity index (χ3n) is 5.38. The molecular formula is C22H26FN3O4S. The van der Waals surface area contributed by atoms with Crippen LogP contribution in [0.15, 0.2) is 24.3 Å². The molecule has 1 aromatic carbocycles. The Balaban J connectivity index is 1.57. The van der Waals surface area contributed by atoms with Crippen LogP contribution < -0.4 is 10.0 Å². The molecule has 0 aliphatic heterocycles. The molecule has 166 valence electrons. The van der Waals surface area contributed by atoms with E-state index in [1.54, 1.807) is 19.1 Å². The predicted octanol–water partition coefficient (Wildman–Crippen LogP) is 2.57. The third-order valence-corrected chi connectivity index (χ3v) is 5.97. The van der Waals surface area contributed by atoms with E-state index in [0.29, 0.717) is 42.5 Å². The molecule has 1 atom stereocenters. The van der Waals surface area contributed by atoms with Crippen LogP contribution in [0.2, 0.25) is 0 Å². The highest BCUT2D eigenvalue weighted by atomic mass is 32.2. The summed E-state index contributed by atoms with van der Waals surface area (Å²) in [6.07, 6.45) is 3.15. The fourth-order valence-corrected chi connectivity index (χ4v) is 4.36. The molecule has 2 N–H and O–H groups in total. The standard InChI is InChI=1S/C22H26FN3O4S/c1-13-10-15(18(23)12-21(13)26-31(3,29)30)8-9-24-22(28)17-5-7-20-16(11-17)4-6-19(25-20)14(2)27/h4,6,10,12,17,26H,5,7-9,11H2,1-3H3,(H,24,28)/t17-/m1/s1. The topological polar surface area (TPSA) is 105 Å². The van der Waals surface area contributed by atoms with Gasteiger partial charge in [0, 0.05) is 25.1 Å². The zero-order valence-electron chi connectivity index (χ0n) is 17.8. The second-order valence-corrected chi connectivity index (χ2v) is 9.72. The lowest BCUT2D eigenvalue weighted by Gasteiger charge is -2.23. The normalized spacial score (nSPS) is 15.8. The van der Waals surface area contributed by atoms with Crippen LogP contribution in [-0.4, -0.2) is 37.9 Å². The van der Waals surface area contributed by atoms with Crippen molar-refractivity contribution in [3.8, 4) is 0 Å². The van der Waals surface area contributed by atoms with E-state index in [9.17, 15) is 22.4 Å². The minimum absolute atomic E-state index is 0.0785. The number of Topliss-reactive ketones (excluding diaryl/α,β-unsaturated/α-hetero) is 1. The second-order valence-electron chi connectivity index (χ2n) is 7.97. The molecule has 1 heterocycles. The first-order chi connectivity index (χ1) is 14.5. The number of nitrogens with zero attached hydrogens (tertiary/aromatic N) is 1. The van der Waals surface area contributed by atoms with Crippen LogP contribution in [0.1, 0.15) is 46.2 Å². The number of sulfonamides is 1. The van der Waals surface area contributed by atoms with Gasteiger partial charge in [0.05, 0.1) is 11.9 Å². The minimum Gasteiger partial charge on any atom is -0.356 e. The number of aromatic nitrogens is 1. The quantitative estimate of drug-likeness (QED) is 0.635. The number of carbonyl (C=O) groups is 2. The van der Waals surface area contributed by atoms with Crippen LogP contribution in [0, 0.1) is 18.7 Å². The van der Waals surface area contributed by atoms with Gasteiger partial charge in [-0.1, -0.05) is 12.1 Å². The number of halogens is 1. The SMILES string of the molecule is CC(=O)c1ccc2c(n1)CC[C@@H](C(=O)NCCc1cc(C)c(NS(C)(=O)=O)cc1F)C2. The molecule has 31 heavy (non-hydrogen) atoms. The fourth-order valence-electron chi connectivity index (χ4n) is 3.74. The van der Waals surface area contributed by atoms with E-state index >= 15 is 0 Å². The maximum absolute atomic E-state index is 14.4. The first-order valence-electron chi connectivity index (χ1n) is 10.1. The van der Waals surface area contributed by atoms with Crippen molar-refractivity contribution in [2.45, 2.75) is 39.5 Å². The summed E-state index contributed by atoms with van der Waals surface area (Å²) in [7, 11) is -3.49. The molecule has 3 rings (SSSR count). The van der Waals surface area contributed by atoms with E-state index < -0.39 is 15.8 Å². The summed E-state index contributed by atoms with van der Waals surface area (Å²) >= 11 is 0. The number of ketones is 1. The number of rotatable bonds is 7. The van der Waals surface area contributed by atoms with Crippen LogP contribution in [0.25, 0.3) is 0 Å². The zero-order chi connectivity index (χ0) is 22.8. The number of amides is 1. The Bertz CT molecular complexity index is 1130. The van der Waals surface area contributed by atoms with Crippen molar-refractivity contribution in [3.63, 3.8) is 0 Å². The molecule has 0 saturated heterocycles. The van der Waals surface area contributed by atoms with E-state index in [4.69, 9.17) is 0 Å². The molecule has 1 amide bonds. The molecule has 2 aromatic rings. The van der Waals surface area contributed by atoms with Crippen molar-refractivity contribution in [2.75, 3.05) is 17.5 Å². The summed E-state index contributed by atoms with van der Waals surface area (Å²) in [5.74, 6) is -0.880. The van der Waals surface area contributed by atoms with E-state index in [1.807, 2.05) is 6.07 Å². The molecule has 7 nitrogen and oxygen atoms in total. The molecule has 9 heteroatoms. The van der Waals surface area contributed by atoms with Gasteiger partial charge in [-0.15, -0.1) is 0 Å². The molecular weight excluding hydrogens is 421 g/mol. The van der Waals surface area contributed by atoms with Crippen molar-refractivity contribution in [2.24, 2.45) is 5.92 Å². The number of nitrogens with one attached hydrogen (secondary N) is 2. The van der Waals surface area contributed by atoms with Crippen LogP contribution in [0.5, 0.6) is 0 Å². The number of hydrogen-bond donors (Lipinski definition) is 2. The maximum Gasteiger partial charge on any atom is 0.229 e. The van der Waals surface area contributed by atoms with E-state index in [0.717, 1.165) is 23.6 Å². The van der Waals surface area contributed by atoms with Gasteiger partial charge in [0.25, 0.3) is 0 Å². The average molecular weight is 448 g/mol. The molecule has 0 bridgehead atoms. The molecule has 1 aromatic heterocycles. The lowest BCUT2D eigenvalue weighted by Crippen LogP contribution is -2.35. The van der Waals surface area contributed by atoms with Gasteiger partial charge in [-0.2, -0.15) is 0 Å². The van der Waals surface area contributed by atoms with Gasteiger partial charge >= 0.3 is 0 Å². The smallest absolute Gasteiger partial charge is 0.229 e. The molecule has 0 spiro atoms. The van der Waals surface area contributed by atoms with Gasteiger partial charge in [0.1, 0.15) is 11.5 Å². The van der Waals surface area contributed by atoms with Crippen molar-refractivity contribution >= 4 is 27.4 Å². The van der Waals surface area contributed by atoms with E-state index in [1.165, 1.54) is 6.92 Å². The molecule has 1 aliphatic rings. The summed E-state index contributed by atoms with van der Waals surface area (Å²) in [6, 6.07) is 6.30. The van der Waals surface area contributed by atoms with Gasteiger partial charge in [0.2, 0.25) is 15.9 Å². The number of fused-ring (bicyclic) bond motifs is 1. The Kier molecular flexibility index (Phi) is 6.74. The molecule has 0 unspecified atom stereocenters. The molecule has 1 aliphatic carbocycles. The van der Waals surface area contributed by atoms with Crippen molar-refractivity contribution in [3.05, 3.63) is 58.2 Å². The predicted molar refractivity (Wildman–Crippen MR) is 116 cm³/mol. The first-order valence-corrected chi connectivity index (χ1v) is 12.0. The number of aryl methyl sites for hydroxylation is 2. The van der Waals surface area contributed by atoms with Gasteiger partial charge in [-0.05, 0) is 61.4 Å². The number of pyridine rings is 1. The highest BCUT2D eigenvalue weighted by Gasteiger charge is 2.25. The van der Waals surface area contributed by atoms with Crippen molar-refractivity contribution < 1.29 is 22.4 Å². The zero-order valence-corrected chi connectivity index (χ0v) is 18.6. The summed E-state index contributed by atoms with van der Waals surface area (Å²) in [5, 5.41) is 2.87. The third kappa shape index (κ3) is 5.88. The summed E-state index contributed by atoms with van der Waals surface area (Å²) in [5.41, 5.74) is 3.51. The van der Waals surface area contributed by atoms with Crippen molar-refractivity contribution in [1.29, 1.82) is 0 Å². The first kappa shape index (κ1) is 22.9. The fraction of sp³-hybridized carbons (Fsp3) is 0.409. The number of hydrogen-bond acceptors (Lipinski definition) is 5. The van der Waals surface area contributed by atoms with Crippen molar-refractivity contribution in [1.82, 2.24) is 10.3 Å². The maximum atomic E-state index is 14.4. The Hall–Kier alpha value is -2.81. The molecule has 0 fully saturated rings. The Labute approximate surface area is 181 Å². The number of benzene rings is 1. The monoisotopic (exact) mass is 447 g/mol. The van der Waals surface area contributed by atoms with Gasteiger partial charge in [-0.25, -0.2) is 17.8 Å². The highest BCUT2D eigenvalue weighted by Crippen LogP contribution is 2.25. The highest BCUT2D eigenvalue weighted by molar-refractivity contribution is 7.92. The number of anilines is 1. The molecule has 0 radical (unpaired) electrons. The summed E-state index contributed by atoms with van der Waals surface area (Å²) in [4.78, 5) is 28.4. The van der Waals surface area contributed by atoms with Crippen LogP contribution in [0.4, 0.5) is 10.1 Å². The summed E-state index contributed by atoms with van der Waals surface area (Å²) in [6.45, 7) is 3.45. The average Bonchev–Trinajstić information content (AvgIpc) is 2.69. The number of carbonyl (C=O) groups excluding carboxylic acids is 2. The van der Waals surface area contributed by atoms with Crippen LogP contribution >= 0.6 is 0 Å². The Morgan fingerprint density at radius 3 is 2.68 bits per heavy atom. The Morgan fingerprint density at radius 1 is 1.26 bits per heavy atom. The van der Waals surface area contributed by atoms with Gasteiger partial charge in [0.15, 0.2) is 5.78 Å².